The van der Waals surface area contributed by atoms with Gasteiger partial charge in [-0.2, -0.15) is 0 Å². The number of urea groups is 1. The van der Waals surface area contributed by atoms with E-state index in [0.29, 0.717) is 17.5 Å². The molecule has 28 heavy (non-hydrogen) atoms. The summed E-state index contributed by atoms with van der Waals surface area (Å²) in [4.78, 5) is 17.2. The highest BCUT2D eigenvalue weighted by molar-refractivity contribution is 5.91. The van der Waals surface area contributed by atoms with E-state index in [9.17, 15) is 4.79 Å². The van der Waals surface area contributed by atoms with Crippen LogP contribution in [0.3, 0.4) is 0 Å². The monoisotopic (exact) mass is 380 g/mol. The van der Waals surface area contributed by atoms with Crippen molar-refractivity contribution in [2.75, 3.05) is 44.6 Å². The van der Waals surface area contributed by atoms with Crippen LogP contribution in [0.2, 0.25) is 0 Å². The molecule has 2 aliphatic heterocycles. The number of nitrogens with zero attached hydrogens (tertiary/aromatic N) is 2. The maximum atomic E-state index is 12.8. The molecule has 2 aromatic rings. The van der Waals surface area contributed by atoms with Gasteiger partial charge in [0.15, 0.2) is 5.75 Å². The number of para-hydroxylation sites is 2. The number of hydrogen-bond acceptors (Lipinski definition) is 4. The number of aryl methyl sites for hydroxylation is 1. The first-order valence-electron chi connectivity index (χ1n) is 10.0. The molecule has 2 N–H and O–H groups in total. The highest BCUT2D eigenvalue weighted by Gasteiger charge is 2.28. The molecule has 0 spiro atoms. The van der Waals surface area contributed by atoms with Crippen molar-refractivity contribution in [3.8, 4) is 11.5 Å². The van der Waals surface area contributed by atoms with Gasteiger partial charge in [-0.05, 0) is 49.7 Å². The number of hydrogen-bond donors (Lipinski definition) is 2. The second kappa shape index (κ2) is 8.63. The van der Waals surface area contributed by atoms with Gasteiger partial charge in [0.05, 0.1) is 5.69 Å². The van der Waals surface area contributed by atoms with Crippen LogP contribution in [0.5, 0.6) is 11.5 Å². The molecule has 148 valence electrons. The second-order valence-corrected chi connectivity index (χ2v) is 7.51. The van der Waals surface area contributed by atoms with Crippen LogP contribution in [-0.2, 0) is 0 Å². The second-order valence-electron chi connectivity index (χ2n) is 7.51. The summed E-state index contributed by atoms with van der Waals surface area (Å²) in [6.07, 6.45) is 1.20. The Bertz CT molecular complexity index is 812. The van der Waals surface area contributed by atoms with Gasteiger partial charge in [-0.15, -0.1) is 0 Å². The van der Waals surface area contributed by atoms with Crippen molar-refractivity contribution in [3.05, 3.63) is 54.1 Å². The van der Waals surface area contributed by atoms with Gasteiger partial charge < -0.3 is 20.3 Å². The van der Waals surface area contributed by atoms with Gasteiger partial charge in [-0.25, -0.2) is 4.79 Å². The third-order valence-corrected chi connectivity index (χ3v) is 5.50. The zero-order valence-corrected chi connectivity index (χ0v) is 16.4. The number of ether oxygens (including phenoxy) is 1. The molecule has 0 bridgehead atoms. The molecule has 6 heteroatoms. The molecular weight excluding hydrogens is 352 g/mol. The molecule has 6 nitrogen and oxygen atoms in total. The highest BCUT2D eigenvalue weighted by Crippen LogP contribution is 2.30. The number of carbonyl (C=O) groups excluding carboxylic acids is 1. The lowest BCUT2D eigenvalue weighted by Crippen LogP contribution is -2.53. The number of amides is 2. The largest absolute Gasteiger partial charge is 0.455 e. The molecule has 0 aliphatic carbocycles. The molecule has 0 saturated carbocycles. The summed E-state index contributed by atoms with van der Waals surface area (Å²) in [5, 5.41) is 6.45. The molecule has 1 unspecified atom stereocenters. The zero-order chi connectivity index (χ0) is 19.3. The minimum absolute atomic E-state index is 0.0653. The van der Waals surface area contributed by atoms with Crippen molar-refractivity contribution in [1.29, 1.82) is 0 Å². The minimum atomic E-state index is -0.0653. The first-order chi connectivity index (χ1) is 13.7. The maximum Gasteiger partial charge on any atom is 0.322 e. The first-order valence-corrected chi connectivity index (χ1v) is 10.0. The lowest BCUT2D eigenvalue weighted by Gasteiger charge is -2.37. The lowest BCUT2D eigenvalue weighted by atomic mass is 10.2. The highest BCUT2D eigenvalue weighted by atomic mass is 16.5. The average molecular weight is 380 g/mol. The summed E-state index contributed by atoms with van der Waals surface area (Å²) >= 11 is 0. The molecule has 2 fully saturated rings. The Morgan fingerprint density at radius 1 is 1.11 bits per heavy atom. The quantitative estimate of drug-likeness (QED) is 0.855. The van der Waals surface area contributed by atoms with E-state index >= 15 is 0 Å². The van der Waals surface area contributed by atoms with Crippen molar-refractivity contribution in [1.82, 2.24) is 15.1 Å². The van der Waals surface area contributed by atoms with Crippen LogP contribution in [-0.4, -0.2) is 61.1 Å². The fourth-order valence-electron chi connectivity index (χ4n) is 3.90. The summed E-state index contributed by atoms with van der Waals surface area (Å²) in [5.41, 5.74) is 1.82. The van der Waals surface area contributed by atoms with E-state index < -0.39 is 0 Å². The number of rotatable bonds is 4. The molecule has 1 atom stereocenters. The molecule has 2 saturated heterocycles. The van der Waals surface area contributed by atoms with E-state index in [1.807, 2.05) is 60.4 Å². The molecule has 2 aliphatic rings. The van der Waals surface area contributed by atoms with Crippen LogP contribution in [0.25, 0.3) is 0 Å². The smallest absolute Gasteiger partial charge is 0.322 e. The van der Waals surface area contributed by atoms with Crippen molar-refractivity contribution in [3.63, 3.8) is 0 Å². The van der Waals surface area contributed by atoms with Gasteiger partial charge in [0.1, 0.15) is 5.75 Å². The van der Waals surface area contributed by atoms with Crippen molar-refractivity contribution in [2.45, 2.75) is 19.4 Å². The lowest BCUT2D eigenvalue weighted by molar-refractivity contribution is 0.119. The van der Waals surface area contributed by atoms with Gasteiger partial charge in [0, 0.05) is 38.8 Å². The Balaban J connectivity index is 1.37. The summed E-state index contributed by atoms with van der Waals surface area (Å²) < 4.78 is 6.01. The molecule has 2 heterocycles. The first kappa shape index (κ1) is 18.8. The predicted molar refractivity (Wildman–Crippen MR) is 111 cm³/mol. The number of nitrogens with one attached hydrogen (secondary N) is 2. The minimum Gasteiger partial charge on any atom is -0.455 e. The van der Waals surface area contributed by atoms with Gasteiger partial charge in [-0.3, -0.25) is 4.90 Å². The number of piperazine rings is 1. The topological polar surface area (TPSA) is 56.8 Å². The van der Waals surface area contributed by atoms with Crippen molar-refractivity contribution in [2.24, 2.45) is 0 Å². The molecule has 4 rings (SSSR count). The summed E-state index contributed by atoms with van der Waals surface area (Å²) in [7, 11) is 0. The Labute approximate surface area is 166 Å². The van der Waals surface area contributed by atoms with E-state index in [1.54, 1.807) is 0 Å². The molecule has 0 radical (unpaired) electrons. The number of anilines is 1. The van der Waals surface area contributed by atoms with Crippen LogP contribution < -0.4 is 15.4 Å². The van der Waals surface area contributed by atoms with E-state index in [4.69, 9.17) is 4.74 Å². The standard InChI is InChI=1S/C22H28N4O2/c1-17-5-4-6-19(15-17)28-21-8-3-2-7-20(21)24-22(27)26-13-11-25(12-14-26)18-9-10-23-16-18/h2-8,15,18,23H,9-14,16H2,1H3,(H,24,27). The van der Waals surface area contributed by atoms with E-state index in [1.165, 1.54) is 6.42 Å². The summed E-state index contributed by atoms with van der Waals surface area (Å²) in [6, 6.07) is 16.0. The van der Waals surface area contributed by atoms with Crippen LogP contribution in [0.4, 0.5) is 10.5 Å². The molecular formula is C22H28N4O2. The Morgan fingerprint density at radius 3 is 2.68 bits per heavy atom. The van der Waals surface area contributed by atoms with Crippen molar-refractivity contribution >= 4 is 11.7 Å². The Morgan fingerprint density at radius 2 is 1.93 bits per heavy atom. The fourth-order valence-corrected chi connectivity index (χ4v) is 3.90. The van der Waals surface area contributed by atoms with Gasteiger partial charge in [0.25, 0.3) is 0 Å². The number of benzene rings is 2. The van der Waals surface area contributed by atoms with Crippen LogP contribution in [0, 0.1) is 6.92 Å². The predicted octanol–water partition coefficient (Wildman–Crippen LogP) is 3.30. The summed E-state index contributed by atoms with van der Waals surface area (Å²) in [5.74, 6) is 1.41. The Hall–Kier alpha value is -2.57. The van der Waals surface area contributed by atoms with Gasteiger partial charge >= 0.3 is 6.03 Å². The van der Waals surface area contributed by atoms with Gasteiger partial charge in [-0.1, -0.05) is 24.3 Å². The molecule has 2 aromatic carbocycles. The third kappa shape index (κ3) is 4.46. The average Bonchev–Trinajstić information content (AvgIpc) is 3.24. The maximum absolute atomic E-state index is 12.8. The summed E-state index contributed by atoms with van der Waals surface area (Å²) in [6.45, 7) is 7.57. The molecule has 2 amide bonds. The van der Waals surface area contributed by atoms with Crippen LogP contribution in [0.1, 0.15) is 12.0 Å². The van der Waals surface area contributed by atoms with Crippen molar-refractivity contribution < 1.29 is 9.53 Å². The normalized spacial score (nSPS) is 20.2. The van der Waals surface area contributed by atoms with Gasteiger partial charge in [0.2, 0.25) is 0 Å². The SMILES string of the molecule is Cc1cccc(Oc2ccccc2NC(=O)N2CCN(C3CCNC3)CC2)c1. The van der Waals surface area contributed by atoms with E-state index in [-0.39, 0.29) is 6.03 Å². The number of carbonyl (C=O) groups is 1. The van der Waals surface area contributed by atoms with Crippen LogP contribution >= 0.6 is 0 Å². The third-order valence-electron chi connectivity index (χ3n) is 5.50. The zero-order valence-electron chi connectivity index (χ0n) is 16.4. The Kier molecular flexibility index (Phi) is 5.78. The van der Waals surface area contributed by atoms with Crippen LogP contribution in [0.15, 0.2) is 48.5 Å². The molecule has 0 aromatic heterocycles. The van der Waals surface area contributed by atoms with E-state index in [0.717, 1.165) is 50.6 Å². The van der Waals surface area contributed by atoms with E-state index in [2.05, 4.69) is 15.5 Å². The fraction of sp³-hybridized carbons (Fsp3) is 0.409.